The van der Waals surface area contributed by atoms with Crippen molar-refractivity contribution in [2.75, 3.05) is 13.1 Å². The molecule has 4 heteroatoms. The molecular weight excluding hydrogens is 279 g/mol. The maximum Gasteiger partial charge on any atom is 0.222 e. The third-order valence-corrected chi connectivity index (χ3v) is 4.33. The number of nitrogens with one attached hydrogen (secondary N) is 1. The lowest BCUT2D eigenvalue weighted by Gasteiger charge is -2.25. The van der Waals surface area contributed by atoms with Crippen molar-refractivity contribution in [2.45, 2.75) is 52.1 Å². The molecule has 1 aromatic carbocycles. The number of carbonyl (C=O) groups is 1. The van der Waals surface area contributed by atoms with Crippen LogP contribution in [0.1, 0.15) is 45.1 Å². The van der Waals surface area contributed by atoms with Crippen LogP contribution in [0.25, 0.3) is 0 Å². The zero-order chi connectivity index (χ0) is 15.9. The summed E-state index contributed by atoms with van der Waals surface area (Å²) >= 11 is 0. The van der Waals surface area contributed by atoms with E-state index in [0.717, 1.165) is 32.4 Å². The zero-order valence-electron chi connectivity index (χ0n) is 13.6. The molecule has 1 saturated heterocycles. The highest BCUT2D eigenvalue weighted by atomic mass is 19.1. The van der Waals surface area contributed by atoms with Gasteiger partial charge in [0.2, 0.25) is 5.91 Å². The number of benzene rings is 1. The monoisotopic (exact) mass is 306 g/mol. The highest BCUT2D eigenvalue weighted by Gasteiger charge is 2.29. The van der Waals surface area contributed by atoms with Crippen LogP contribution in [0.15, 0.2) is 24.3 Å². The molecule has 122 valence electrons. The summed E-state index contributed by atoms with van der Waals surface area (Å²) in [5.74, 6) is 0.748. The summed E-state index contributed by atoms with van der Waals surface area (Å²) in [5, 5.41) is 3.29. The van der Waals surface area contributed by atoms with Crippen LogP contribution in [0.2, 0.25) is 0 Å². The molecule has 0 unspecified atom stereocenters. The number of halogens is 1. The summed E-state index contributed by atoms with van der Waals surface area (Å²) < 4.78 is 13.5. The van der Waals surface area contributed by atoms with Gasteiger partial charge in [-0.05, 0) is 37.8 Å². The maximum absolute atomic E-state index is 13.5. The van der Waals surface area contributed by atoms with E-state index >= 15 is 0 Å². The number of nitrogens with zero attached hydrogens (tertiary/aromatic N) is 1. The summed E-state index contributed by atoms with van der Waals surface area (Å²) in [5.41, 5.74) is 0.696. The predicted molar refractivity (Wildman–Crippen MR) is 86.9 cm³/mol. The normalized spacial score (nSPS) is 18.5. The van der Waals surface area contributed by atoms with E-state index in [1.54, 1.807) is 12.1 Å². The van der Waals surface area contributed by atoms with Crippen LogP contribution in [-0.4, -0.2) is 29.9 Å². The fourth-order valence-electron chi connectivity index (χ4n) is 2.93. The SMILES string of the molecule is CC(C)CCN1C(=O)CC[C@H]1CCNCc1ccccc1F. The van der Waals surface area contributed by atoms with Crippen molar-refractivity contribution < 1.29 is 9.18 Å². The van der Waals surface area contributed by atoms with Crippen LogP contribution in [-0.2, 0) is 11.3 Å². The third-order valence-electron chi connectivity index (χ3n) is 4.33. The van der Waals surface area contributed by atoms with Crippen LogP contribution >= 0.6 is 0 Å². The lowest BCUT2D eigenvalue weighted by atomic mass is 10.1. The zero-order valence-corrected chi connectivity index (χ0v) is 13.6. The molecule has 1 N–H and O–H groups in total. The first-order valence-electron chi connectivity index (χ1n) is 8.31. The lowest BCUT2D eigenvalue weighted by Crippen LogP contribution is -2.36. The van der Waals surface area contributed by atoms with E-state index in [-0.39, 0.29) is 5.82 Å². The molecule has 0 saturated carbocycles. The topological polar surface area (TPSA) is 32.3 Å². The van der Waals surface area contributed by atoms with Crippen molar-refractivity contribution in [1.82, 2.24) is 10.2 Å². The van der Waals surface area contributed by atoms with Crippen molar-refractivity contribution >= 4 is 5.91 Å². The van der Waals surface area contributed by atoms with Gasteiger partial charge in [-0.25, -0.2) is 4.39 Å². The first-order chi connectivity index (χ1) is 10.6. The van der Waals surface area contributed by atoms with E-state index in [4.69, 9.17) is 0 Å². The minimum Gasteiger partial charge on any atom is -0.340 e. The molecule has 1 aliphatic rings. The fourth-order valence-corrected chi connectivity index (χ4v) is 2.93. The van der Waals surface area contributed by atoms with Crippen molar-refractivity contribution in [3.05, 3.63) is 35.6 Å². The minimum absolute atomic E-state index is 0.162. The largest absolute Gasteiger partial charge is 0.340 e. The predicted octanol–water partition coefficient (Wildman–Crippen LogP) is 3.34. The molecule has 0 aromatic heterocycles. The van der Waals surface area contributed by atoms with Gasteiger partial charge in [0.25, 0.3) is 0 Å². The van der Waals surface area contributed by atoms with Gasteiger partial charge < -0.3 is 10.2 Å². The third kappa shape index (κ3) is 4.80. The molecule has 1 atom stereocenters. The molecule has 0 radical (unpaired) electrons. The van der Waals surface area contributed by atoms with Crippen LogP contribution in [0, 0.1) is 11.7 Å². The molecule has 0 aliphatic carbocycles. The fraction of sp³-hybridized carbons (Fsp3) is 0.611. The van der Waals surface area contributed by atoms with Gasteiger partial charge in [0.15, 0.2) is 0 Å². The summed E-state index contributed by atoms with van der Waals surface area (Å²) in [4.78, 5) is 14.0. The molecule has 1 aromatic rings. The molecule has 0 bridgehead atoms. The van der Waals surface area contributed by atoms with Crippen molar-refractivity contribution in [2.24, 2.45) is 5.92 Å². The Morgan fingerprint density at radius 1 is 1.36 bits per heavy atom. The Labute approximate surface area is 132 Å². The van der Waals surface area contributed by atoms with Crippen molar-refractivity contribution in [3.8, 4) is 0 Å². The molecule has 22 heavy (non-hydrogen) atoms. The Bertz CT molecular complexity index is 490. The van der Waals surface area contributed by atoms with Crippen molar-refractivity contribution in [3.63, 3.8) is 0 Å². The van der Waals surface area contributed by atoms with Gasteiger partial charge in [0.1, 0.15) is 5.82 Å². The first-order valence-corrected chi connectivity index (χ1v) is 8.31. The van der Waals surface area contributed by atoms with Gasteiger partial charge in [0.05, 0.1) is 0 Å². The van der Waals surface area contributed by atoms with Crippen LogP contribution < -0.4 is 5.32 Å². The van der Waals surface area contributed by atoms with Gasteiger partial charge in [-0.15, -0.1) is 0 Å². The summed E-state index contributed by atoms with van der Waals surface area (Å²) in [7, 11) is 0. The van der Waals surface area contributed by atoms with Gasteiger partial charge >= 0.3 is 0 Å². The molecule has 1 heterocycles. The van der Waals surface area contributed by atoms with Crippen molar-refractivity contribution in [1.29, 1.82) is 0 Å². The number of hydrogen-bond donors (Lipinski definition) is 1. The Hall–Kier alpha value is -1.42. The average molecular weight is 306 g/mol. The van der Waals surface area contributed by atoms with Gasteiger partial charge in [-0.2, -0.15) is 0 Å². The Morgan fingerprint density at radius 2 is 2.14 bits per heavy atom. The lowest BCUT2D eigenvalue weighted by molar-refractivity contribution is -0.129. The molecule has 1 aliphatic heterocycles. The van der Waals surface area contributed by atoms with Crippen LogP contribution in [0.4, 0.5) is 4.39 Å². The van der Waals surface area contributed by atoms with E-state index in [2.05, 4.69) is 19.2 Å². The molecular formula is C18H27FN2O. The highest BCUT2D eigenvalue weighted by molar-refractivity contribution is 5.78. The van der Waals surface area contributed by atoms with Gasteiger partial charge in [0, 0.05) is 31.1 Å². The van der Waals surface area contributed by atoms with Gasteiger partial charge in [-0.3, -0.25) is 4.79 Å². The number of likely N-dealkylation sites (tertiary alicyclic amines) is 1. The number of carbonyl (C=O) groups excluding carboxylic acids is 1. The van der Waals surface area contributed by atoms with E-state index in [1.165, 1.54) is 6.07 Å². The molecule has 1 fully saturated rings. The minimum atomic E-state index is -0.162. The molecule has 3 nitrogen and oxygen atoms in total. The number of amides is 1. The molecule has 0 spiro atoms. The summed E-state index contributed by atoms with van der Waals surface area (Å²) in [6.45, 7) is 6.59. The quantitative estimate of drug-likeness (QED) is 0.747. The van der Waals surface area contributed by atoms with Gasteiger partial charge in [-0.1, -0.05) is 32.0 Å². The number of rotatable bonds is 8. The average Bonchev–Trinajstić information content (AvgIpc) is 2.83. The summed E-state index contributed by atoms with van der Waals surface area (Å²) in [6, 6.07) is 7.19. The van der Waals surface area contributed by atoms with E-state index in [1.807, 2.05) is 11.0 Å². The maximum atomic E-state index is 13.5. The van der Waals surface area contributed by atoms with Crippen LogP contribution in [0.5, 0.6) is 0 Å². The highest BCUT2D eigenvalue weighted by Crippen LogP contribution is 2.22. The standard InChI is InChI=1S/C18H27FN2O/c1-14(2)10-12-21-16(7-8-18(21)22)9-11-20-13-15-5-3-4-6-17(15)19/h3-6,14,16,20H,7-13H2,1-2H3/t16-/m0/s1. The summed E-state index contributed by atoms with van der Waals surface area (Å²) in [6.07, 6.45) is 3.64. The second kappa shape index (κ2) is 8.28. The Morgan fingerprint density at radius 3 is 2.86 bits per heavy atom. The Balaban J connectivity index is 1.73. The first kappa shape index (κ1) is 16.9. The second-order valence-electron chi connectivity index (χ2n) is 6.52. The molecule has 1 amide bonds. The van der Waals surface area contributed by atoms with E-state index < -0.39 is 0 Å². The van der Waals surface area contributed by atoms with E-state index in [0.29, 0.717) is 36.4 Å². The molecule has 2 rings (SSSR count). The second-order valence-corrected chi connectivity index (χ2v) is 6.52. The van der Waals surface area contributed by atoms with Crippen LogP contribution in [0.3, 0.4) is 0 Å². The van der Waals surface area contributed by atoms with E-state index in [9.17, 15) is 9.18 Å². The smallest absolute Gasteiger partial charge is 0.222 e. The number of hydrogen-bond acceptors (Lipinski definition) is 2. The Kier molecular flexibility index (Phi) is 6.37.